The van der Waals surface area contributed by atoms with Crippen LogP contribution in [0.2, 0.25) is 0 Å². The molecule has 2 aromatic rings. The highest BCUT2D eigenvalue weighted by molar-refractivity contribution is 5.99. The molecule has 136 valence electrons. The molecule has 7 heteroatoms. The SMILES string of the molecule is O=C(Nc1ccc(N2CCCC2)nc1)Nc1ccc(N2CCCC2)nc1. The number of hydrogen-bond acceptors (Lipinski definition) is 5. The molecule has 0 saturated carbocycles. The predicted octanol–water partition coefficient (Wildman–Crippen LogP) is 3.32. The molecule has 2 aliphatic heterocycles. The van der Waals surface area contributed by atoms with Crippen molar-refractivity contribution in [2.75, 3.05) is 46.6 Å². The molecule has 2 amide bonds. The van der Waals surface area contributed by atoms with E-state index >= 15 is 0 Å². The molecule has 7 nitrogen and oxygen atoms in total. The summed E-state index contributed by atoms with van der Waals surface area (Å²) in [5.41, 5.74) is 1.35. The Morgan fingerprint density at radius 2 is 1.15 bits per heavy atom. The quantitative estimate of drug-likeness (QED) is 0.883. The van der Waals surface area contributed by atoms with Gasteiger partial charge in [-0.3, -0.25) is 0 Å². The van der Waals surface area contributed by atoms with Crippen LogP contribution in [0.5, 0.6) is 0 Å². The highest BCUT2D eigenvalue weighted by atomic mass is 16.2. The van der Waals surface area contributed by atoms with Crippen LogP contribution < -0.4 is 20.4 Å². The van der Waals surface area contributed by atoms with Crippen molar-refractivity contribution < 1.29 is 4.79 Å². The third-order valence-corrected chi connectivity index (χ3v) is 4.87. The molecule has 0 radical (unpaired) electrons. The lowest BCUT2D eigenvalue weighted by molar-refractivity contribution is 0.262. The van der Waals surface area contributed by atoms with Gasteiger partial charge in [0.15, 0.2) is 0 Å². The van der Waals surface area contributed by atoms with Crippen molar-refractivity contribution >= 4 is 29.0 Å². The van der Waals surface area contributed by atoms with Crippen molar-refractivity contribution in [2.24, 2.45) is 0 Å². The second kappa shape index (κ2) is 7.59. The molecule has 4 rings (SSSR count). The molecular weight excluding hydrogens is 328 g/mol. The van der Waals surface area contributed by atoms with Gasteiger partial charge in [0.2, 0.25) is 0 Å². The van der Waals surface area contributed by atoms with Crippen molar-refractivity contribution in [3.8, 4) is 0 Å². The number of amides is 2. The van der Waals surface area contributed by atoms with Gasteiger partial charge in [0.1, 0.15) is 11.6 Å². The van der Waals surface area contributed by atoms with Crippen LogP contribution in [0.1, 0.15) is 25.7 Å². The minimum absolute atomic E-state index is 0.295. The van der Waals surface area contributed by atoms with E-state index in [4.69, 9.17) is 0 Å². The van der Waals surface area contributed by atoms with Crippen LogP contribution >= 0.6 is 0 Å². The fourth-order valence-corrected chi connectivity index (χ4v) is 3.48. The fourth-order valence-electron chi connectivity index (χ4n) is 3.48. The van der Waals surface area contributed by atoms with E-state index in [-0.39, 0.29) is 6.03 Å². The number of rotatable bonds is 4. The summed E-state index contributed by atoms with van der Waals surface area (Å²) in [6.07, 6.45) is 8.26. The van der Waals surface area contributed by atoms with Crippen molar-refractivity contribution in [3.05, 3.63) is 36.7 Å². The zero-order valence-corrected chi connectivity index (χ0v) is 14.8. The maximum absolute atomic E-state index is 12.2. The van der Waals surface area contributed by atoms with Crippen LogP contribution in [0.4, 0.5) is 27.8 Å². The van der Waals surface area contributed by atoms with Crippen molar-refractivity contribution in [3.63, 3.8) is 0 Å². The Morgan fingerprint density at radius 1 is 0.731 bits per heavy atom. The molecule has 0 atom stereocenters. The second-order valence-corrected chi connectivity index (χ2v) is 6.78. The van der Waals surface area contributed by atoms with Gasteiger partial charge in [-0.05, 0) is 49.9 Å². The molecule has 2 N–H and O–H groups in total. The van der Waals surface area contributed by atoms with E-state index in [0.717, 1.165) is 37.8 Å². The molecule has 2 fully saturated rings. The number of anilines is 4. The number of nitrogens with one attached hydrogen (secondary N) is 2. The fraction of sp³-hybridized carbons (Fsp3) is 0.421. The third kappa shape index (κ3) is 3.87. The summed E-state index contributed by atoms with van der Waals surface area (Å²) in [6, 6.07) is 7.38. The predicted molar refractivity (Wildman–Crippen MR) is 104 cm³/mol. The molecule has 0 aliphatic carbocycles. The molecule has 2 aliphatic rings. The third-order valence-electron chi connectivity index (χ3n) is 4.87. The van der Waals surface area contributed by atoms with Crippen LogP contribution in [0, 0.1) is 0 Å². The van der Waals surface area contributed by atoms with Crippen molar-refractivity contribution in [2.45, 2.75) is 25.7 Å². The number of hydrogen-bond donors (Lipinski definition) is 2. The van der Waals surface area contributed by atoms with Gasteiger partial charge in [-0.25, -0.2) is 14.8 Å². The Hall–Kier alpha value is -2.83. The lowest BCUT2D eigenvalue weighted by Crippen LogP contribution is -2.21. The van der Waals surface area contributed by atoms with Gasteiger partial charge in [0.25, 0.3) is 0 Å². The first-order valence-corrected chi connectivity index (χ1v) is 9.28. The molecule has 2 saturated heterocycles. The van der Waals surface area contributed by atoms with E-state index < -0.39 is 0 Å². The Balaban J connectivity index is 1.31. The van der Waals surface area contributed by atoms with Gasteiger partial charge in [-0.1, -0.05) is 0 Å². The monoisotopic (exact) mass is 352 g/mol. The summed E-state index contributed by atoms with van der Waals surface area (Å²) in [7, 11) is 0. The molecule has 26 heavy (non-hydrogen) atoms. The lowest BCUT2D eigenvalue weighted by atomic mass is 10.3. The molecule has 0 unspecified atom stereocenters. The smallest absolute Gasteiger partial charge is 0.323 e. The minimum atomic E-state index is -0.295. The highest BCUT2D eigenvalue weighted by Gasteiger charge is 2.14. The number of nitrogens with zero attached hydrogens (tertiary/aromatic N) is 4. The van der Waals surface area contributed by atoms with Crippen molar-refractivity contribution in [1.29, 1.82) is 0 Å². The number of carbonyl (C=O) groups excluding carboxylic acids is 1. The number of carbonyl (C=O) groups is 1. The largest absolute Gasteiger partial charge is 0.357 e. The van der Waals surface area contributed by atoms with Crippen LogP contribution in [0.15, 0.2) is 36.7 Å². The zero-order chi connectivity index (χ0) is 17.8. The van der Waals surface area contributed by atoms with Crippen LogP contribution in [-0.4, -0.2) is 42.2 Å². The number of urea groups is 1. The van der Waals surface area contributed by atoms with Gasteiger partial charge < -0.3 is 20.4 Å². The highest BCUT2D eigenvalue weighted by Crippen LogP contribution is 2.20. The number of pyridine rings is 2. The molecule has 0 spiro atoms. The zero-order valence-electron chi connectivity index (χ0n) is 14.8. The summed E-state index contributed by atoms with van der Waals surface area (Å²) < 4.78 is 0. The van der Waals surface area contributed by atoms with E-state index in [0.29, 0.717) is 11.4 Å². The first-order valence-electron chi connectivity index (χ1n) is 9.28. The first-order chi connectivity index (χ1) is 12.8. The summed E-state index contributed by atoms with van der Waals surface area (Å²) in [5, 5.41) is 5.62. The second-order valence-electron chi connectivity index (χ2n) is 6.78. The topological polar surface area (TPSA) is 73.4 Å². The molecule has 4 heterocycles. The maximum atomic E-state index is 12.2. The Bertz CT molecular complexity index is 670. The Morgan fingerprint density at radius 3 is 1.50 bits per heavy atom. The molecular formula is C19H24N6O. The lowest BCUT2D eigenvalue weighted by Gasteiger charge is -2.17. The van der Waals surface area contributed by atoms with Crippen LogP contribution in [0.25, 0.3) is 0 Å². The average Bonchev–Trinajstić information content (AvgIpc) is 3.37. The summed E-state index contributed by atoms with van der Waals surface area (Å²) in [6.45, 7) is 4.22. The van der Waals surface area contributed by atoms with E-state index in [2.05, 4.69) is 30.4 Å². The Labute approximate surface area is 153 Å². The first kappa shape index (κ1) is 16.6. The van der Waals surface area contributed by atoms with E-state index in [1.165, 1.54) is 25.7 Å². The van der Waals surface area contributed by atoms with Crippen LogP contribution in [-0.2, 0) is 0 Å². The summed E-state index contributed by atoms with van der Waals surface area (Å²) in [4.78, 5) is 25.6. The molecule has 0 bridgehead atoms. The van der Waals surface area contributed by atoms with Gasteiger partial charge in [-0.15, -0.1) is 0 Å². The maximum Gasteiger partial charge on any atom is 0.323 e. The standard InChI is InChI=1S/C19H24N6O/c26-19(22-15-5-7-17(20-13-15)24-9-1-2-10-24)23-16-6-8-18(21-14-16)25-11-3-4-12-25/h5-8,13-14H,1-4,9-12H2,(H2,22,23,26). The average molecular weight is 352 g/mol. The Kier molecular flexibility index (Phi) is 4.86. The summed E-state index contributed by atoms with van der Waals surface area (Å²) in [5.74, 6) is 1.94. The van der Waals surface area contributed by atoms with E-state index in [9.17, 15) is 4.79 Å². The van der Waals surface area contributed by atoms with Crippen LogP contribution in [0.3, 0.4) is 0 Å². The van der Waals surface area contributed by atoms with Gasteiger partial charge in [-0.2, -0.15) is 0 Å². The normalized spacial score (nSPS) is 16.8. The van der Waals surface area contributed by atoms with E-state index in [1.807, 2.05) is 24.3 Å². The van der Waals surface area contributed by atoms with Crippen molar-refractivity contribution in [1.82, 2.24) is 9.97 Å². The van der Waals surface area contributed by atoms with Gasteiger partial charge in [0.05, 0.1) is 23.8 Å². The molecule has 0 aromatic carbocycles. The number of aromatic nitrogens is 2. The van der Waals surface area contributed by atoms with Gasteiger partial charge >= 0.3 is 6.03 Å². The summed E-state index contributed by atoms with van der Waals surface area (Å²) >= 11 is 0. The van der Waals surface area contributed by atoms with Gasteiger partial charge in [0, 0.05) is 26.2 Å². The molecule has 2 aromatic heterocycles. The van der Waals surface area contributed by atoms with E-state index in [1.54, 1.807) is 12.4 Å². The minimum Gasteiger partial charge on any atom is -0.357 e.